The van der Waals surface area contributed by atoms with Gasteiger partial charge in [0, 0.05) is 6.07 Å². The molecule has 0 aromatic heterocycles. The average molecular weight is 361 g/mol. The van der Waals surface area contributed by atoms with Gasteiger partial charge in [-0.1, -0.05) is 11.6 Å². The van der Waals surface area contributed by atoms with E-state index in [1.807, 2.05) is 0 Å². The SMILES string of the molecule is Nc1ccc(C(=O)O)cc1Oc1cc(F)c(Cl)cc1Br. The minimum Gasteiger partial charge on any atom is -0.478 e. The highest BCUT2D eigenvalue weighted by Crippen LogP contribution is 2.36. The molecule has 0 atom stereocenters. The highest BCUT2D eigenvalue weighted by Gasteiger charge is 2.12. The van der Waals surface area contributed by atoms with Crippen LogP contribution in [0.2, 0.25) is 5.02 Å². The van der Waals surface area contributed by atoms with Gasteiger partial charge in [-0.25, -0.2) is 9.18 Å². The molecule has 0 radical (unpaired) electrons. The van der Waals surface area contributed by atoms with E-state index in [1.165, 1.54) is 24.3 Å². The van der Waals surface area contributed by atoms with Crippen molar-refractivity contribution >= 4 is 39.2 Å². The fourth-order valence-electron chi connectivity index (χ4n) is 1.46. The maximum Gasteiger partial charge on any atom is 0.335 e. The molecular weight excluding hydrogens is 353 g/mol. The Hall–Kier alpha value is -1.79. The molecule has 0 bridgehead atoms. The number of rotatable bonds is 3. The second kappa shape index (κ2) is 5.68. The monoisotopic (exact) mass is 359 g/mol. The number of carbonyl (C=O) groups is 1. The molecule has 0 heterocycles. The minimum atomic E-state index is -1.11. The van der Waals surface area contributed by atoms with Crippen molar-refractivity contribution < 1.29 is 19.0 Å². The zero-order valence-electron chi connectivity index (χ0n) is 9.86. The maximum atomic E-state index is 13.4. The van der Waals surface area contributed by atoms with E-state index in [0.717, 1.165) is 6.07 Å². The van der Waals surface area contributed by atoms with Crippen molar-refractivity contribution in [1.29, 1.82) is 0 Å². The lowest BCUT2D eigenvalue weighted by molar-refractivity contribution is 0.0696. The zero-order valence-corrected chi connectivity index (χ0v) is 12.2. The second-order valence-electron chi connectivity index (χ2n) is 3.86. The molecule has 20 heavy (non-hydrogen) atoms. The standard InChI is InChI=1S/C13H8BrClFNO3/c14-7-4-8(15)9(16)5-11(7)20-12-3-6(13(18)19)1-2-10(12)17/h1-5H,17H2,(H,18,19). The Kier molecular flexibility index (Phi) is 4.15. The molecule has 0 spiro atoms. The number of carboxylic acids is 1. The molecular formula is C13H8BrClFNO3. The second-order valence-corrected chi connectivity index (χ2v) is 5.12. The molecule has 2 aromatic rings. The zero-order chi connectivity index (χ0) is 14.9. The average Bonchev–Trinajstić information content (AvgIpc) is 2.38. The van der Waals surface area contributed by atoms with Crippen LogP contribution in [-0.4, -0.2) is 11.1 Å². The third kappa shape index (κ3) is 3.02. The van der Waals surface area contributed by atoms with Crippen LogP contribution in [0.15, 0.2) is 34.8 Å². The van der Waals surface area contributed by atoms with Gasteiger partial charge in [-0.15, -0.1) is 0 Å². The van der Waals surface area contributed by atoms with Crippen LogP contribution in [0.3, 0.4) is 0 Å². The Morgan fingerprint density at radius 3 is 2.65 bits per heavy atom. The molecule has 104 valence electrons. The molecule has 4 nitrogen and oxygen atoms in total. The van der Waals surface area contributed by atoms with E-state index in [9.17, 15) is 9.18 Å². The lowest BCUT2D eigenvalue weighted by atomic mass is 10.2. The van der Waals surface area contributed by atoms with Gasteiger partial charge in [0.15, 0.2) is 5.75 Å². The van der Waals surface area contributed by atoms with Crippen LogP contribution in [0, 0.1) is 5.82 Å². The van der Waals surface area contributed by atoms with Crippen LogP contribution >= 0.6 is 27.5 Å². The van der Waals surface area contributed by atoms with Crippen LogP contribution in [0.4, 0.5) is 10.1 Å². The molecule has 3 N–H and O–H groups in total. The predicted octanol–water partition coefficient (Wildman–Crippen LogP) is 4.31. The smallest absolute Gasteiger partial charge is 0.335 e. The Bertz CT molecular complexity index is 694. The number of carboxylic acid groups (broad SMARTS) is 1. The van der Waals surface area contributed by atoms with Gasteiger partial charge in [0.1, 0.15) is 11.6 Å². The lowest BCUT2D eigenvalue weighted by Crippen LogP contribution is -1.99. The van der Waals surface area contributed by atoms with Gasteiger partial charge in [0.05, 0.1) is 20.7 Å². The first-order valence-corrected chi connectivity index (χ1v) is 6.51. The highest BCUT2D eigenvalue weighted by molar-refractivity contribution is 9.10. The summed E-state index contributed by atoms with van der Waals surface area (Å²) in [6, 6.07) is 6.43. The van der Waals surface area contributed by atoms with Crippen LogP contribution in [0.5, 0.6) is 11.5 Å². The van der Waals surface area contributed by atoms with Crippen molar-refractivity contribution in [2.24, 2.45) is 0 Å². The van der Waals surface area contributed by atoms with Gasteiger partial charge in [-0.05, 0) is 40.2 Å². The number of nitrogen functional groups attached to an aromatic ring is 1. The van der Waals surface area contributed by atoms with E-state index in [-0.39, 0.29) is 27.8 Å². The summed E-state index contributed by atoms with van der Waals surface area (Å²) in [7, 11) is 0. The quantitative estimate of drug-likeness (QED) is 0.632. The van der Waals surface area contributed by atoms with Crippen LogP contribution in [-0.2, 0) is 0 Å². The summed E-state index contributed by atoms with van der Waals surface area (Å²) in [5, 5.41) is 8.86. The molecule has 0 aliphatic heterocycles. The fraction of sp³-hybridized carbons (Fsp3) is 0. The minimum absolute atomic E-state index is 0.0137. The van der Waals surface area contributed by atoms with Crippen molar-refractivity contribution in [2.45, 2.75) is 0 Å². The van der Waals surface area contributed by atoms with E-state index >= 15 is 0 Å². The van der Waals surface area contributed by atoms with Gasteiger partial charge < -0.3 is 15.6 Å². The van der Waals surface area contributed by atoms with Crippen LogP contribution in [0.1, 0.15) is 10.4 Å². The highest BCUT2D eigenvalue weighted by atomic mass is 79.9. The van der Waals surface area contributed by atoms with E-state index in [1.54, 1.807) is 0 Å². The van der Waals surface area contributed by atoms with Crippen LogP contribution < -0.4 is 10.5 Å². The lowest BCUT2D eigenvalue weighted by Gasteiger charge is -2.11. The van der Waals surface area contributed by atoms with Crippen molar-refractivity contribution in [3.8, 4) is 11.5 Å². The number of halogens is 3. The van der Waals surface area contributed by atoms with Gasteiger partial charge >= 0.3 is 5.97 Å². The largest absolute Gasteiger partial charge is 0.478 e. The first kappa shape index (κ1) is 14.6. The number of aromatic carboxylic acids is 1. The fourth-order valence-corrected chi connectivity index (χ4v) is 2.18. The molecule has 0 unspecified atom stereocenters. The van der Waals surface area contributed by atoms with E-state index < -0.39 is 11.8 Å². The van der Waals surface area contributed by atoms with Gasteiger partial charge in [-0.2, -0.15) is 0 Å². The molecule has 0 saturated carbocycles. The number of ether oxygens (including phenoxy) is 1. The summed E-state index contributed by atoms with van der Waals surface area (Å²) in [4.78, 5) is 10.9. The van der Waals surface area contributed by atoms with Crippen molar-refractivity contribution in [2.75, 3.05) is 5.73 Å². The van der Waals surface area contributed by atoms with E-state index in [4.69, 9.17) is 27.2 Å². The molecule has 0 fully saturated rings. The molecule has 7 heteroatoms. The van der Waals surface area contributed by atoms with Gasteiger partial charge in [0.2, 0.25) is 0 Å². The van der Waals surface area contributed by atoms with E-state index in [0.29, 0.717) is 4.47 Å². The molecule has 0 aliphatic carbocycles. The Morgan fingerprint density at radius 1 is 1.30 bits per heavy atom. The van der Waals surface area contributed by atoms with Crippen molar-refractivity contribution in [3.05, 3.63) is 51.2 Å². The Morgan fingerprint density at radius 2 is 2.00 bits per heavy atom. The van der Waals surface area contributed by atoms with Gasteiger partial charge in [-0.3, -0.25) is 0 Å². The predicted molar refractivity (Wildman–Crippen MR) is 77.0 cm³/mol. The third-order valence-electron chi connectivity index (χ3n) is 2.46. The maximum absolute atomic E-state index is 13.4. The van der Waals surface area contributed by atoms with E-state index in [2.05, 4.69) is 15.9 Å². The summed E-state index contributed by atoms with van der Waals surface area (Å²) < 4.78 is 19.3. The summed E-state index contributed by atoms with van der Waals surface area (Å²) in [5.74, 6) is -1.51. The first-order valence-electron chi connectivity index (χ1n) is 5.33. The van der Waals surface area contributed by atoms with Crippen molar-refractivity contribution in [3.63, 3.8) is 0 Å². The van der Waals surface area contributed by atoms with Crippen LogP contribution in [0.25, 0.3) is 0 Å². The topological polar surface area (TPSA) is 72.6 Å². The van der Waals surface area contributed by atoms with Crippen molar-refractivity contribution in [1.82, 2.24) is 0 Å². The summed E-state index contributed by atoms with van der Waals surface area (Å²) in [6.45, 7) is 0. The third-order valence-corrected chi connectivity index (χ3v) is 3.36. The first-order chi connectivity index (χ1) is 9.38. The Balaban J connectivity index is 2.42. The number of nitrogens with two attached hydrogens (primary N) is 1. The van der Waals surface area contributed by atoms with Gasteiger partial charge in [0.25, 0.3) is 0 Å². The molecule has 0 aliphatic rings. The normalized spacial score (nSPS) is 10.3. The molecule has 0 amide bonds. The molecule has 2 aromatic carbocycles. The summed E-state index contributed by atoms with van der Waals surface area (Å²) >= 11 is 8.80. The number of anilines is 1. The number of benzene rings is 2. The number of hydrogen-bond acceptors (Lipinski definition) is 3. The molecule has 0 saturated heterocycles. The Labute approximate surface area is 127 Å². The molecule has 2 rings (SSSR count). The number of hydrogen-bond donors (Lipinski definition) is 2. The summed E-state index contributed by atoms with van der Waals surface area (Å²) in [6.07, 6.45) is 0. The summed E-state index contributed by atoms with van der Waals surface area (Å²) in [5.41, 5.74) is 5.95.